The van der Waals surface area contributed by atoms with Crippen molar-refractivity contribution in [3.63, 3.8) is 0 Å². The van der Waals surface area contributed by atoms with Crippen molar-refractivity contribution in [1.82, 2.24) is 5.32 Å². The standard InChI is InChI=1S/C24H26ClF2NO6S/c1-23(2,3)34-22(29)28-12-19-16-13-33-21-18(27)9-8-17(26)20(21)24(16,10-11-32-19)35(30,31)15-6-4-14(25)5-7-15/h4-9,16,19H,10-13H2,1-3H3,(H,28,29)/t16-,19-,24-/m0/s1. The van der Waals surface area contributed by atoms with Crippen molar-refractivity contribution in [2.75, 3.05) is 19.8 Å². The van der Waals surface area contributed by atoms with Gasteiger partial charge in [-0.15, -0.1) is 0 Å². The van der Waals surface area contributed by atoms with E-state index in [4.69, 9.17) is 25.8 Å². The van der Waals surface area contributed by atoms with Crippen LogP contribution in [0.3, 0.4) is 0 Å². The quantitative estimate of drug-likeness (QED) is 0.622. The number of nitrogens with one attached hydrogen (secondary N) is 1. The van der Waals surface area contributed by atoms with E-state index in [0.29, 0.717) is 5.02 Å². The zero-order valence-corrected chi connectivity index (χ0v) is 21.0. The Bertz CT molecular complexity index is 1230. The minimum absolute atomic E-state index is 0.0701. The predicted molar refractivity (Wildman–Crippen MR) is 124 cm³/mol. The highest BCUT2D eigenvalue weighted by atomic mass is 35.5. The summed E-state index contributed by atoms with van der Waals surface area (Å²) in [6, 6.07) is 7.30. The van der Waals surface area contributed by atoms with E-state index in [1.165, 1.54) is 24.3 Å². The molecule has 0 aromatic heterocycles. The van der Waals surface area contributed by atoms with E-state index < -0.39 is 55.7 Å². The van der Waals surface area contributed by atoms with Gasteiger partial charge < -0.3 is 19.5 Å². The Morgan fingerprint density at radius 3 is 2.49 bits per heavy atom. The molecular formula is C24H26ClF2NO6S. The van der Waals surface area contributed by atoms with Crippen LogP contribution in [0.25, 0.3) is 0 Å². The van der Waals surface area contributed by atoms with Crippen LogP contribution in [-0.4, -0.2) is 46.0 Å². The zero-order chi connectivity index (χ0) is 25.6. The van der Waals surface area contributed by atoms with Crippen LogP contribution in [0.2, 0.25) is 5.02 Å². The maximum absolute atomic E-state index is 15.3. The summed E-state index contributed by atoms with van der Waals surface area (Å²) in [5.74, 6) is -3.15. The fraction of sp³-hybridized carbons (Fsp3) is 0.458. The van der Waals surface area contributed by atoms with E-state index >= 15 is 4.39 Å². The summed E-state index contributed by atoms with van der Waals surface area (Å²) in [5.41, 5.74) is -1.11. The van der Waals surface area contributed by atoms with Gasteiger partial charge in [-0.2, -0.15) is 0 Å². The minimum atomic E-state index is -4.32. The van der Waals surface area contributed by atoms with Gasteiger partial charge in [-0.3, -0.25) is 0 Å². The number of alkyl carbamates (subject to hydrolysis) is 1. The highest BCUT2D eigenvalue weighted by Gasteiger charge is 2.61. The normalized spacial score (nSPS) is 24.1. The Morgan fingerprint density at radius 2 is 1.83 bits per heavy atom. The number of halogens is 3. The molecule has 35 heavy (non-hydrogen) atoms. The molecule has 0 unspecified atom stereocenters. The highest BCUT2D eigenvalue weighted by molar-refractivity contribution is 7.92. The maximum atomic E-state index is 15.3. The first-order valence-corrected chi connectivity index (χ1v) is 12.9. The second-order valence-corrected chi connectivity index (χ2v) is 12.2. The van der Waals surface area contributed by atoms with E-state index in [9.17, 15) is 17.6 Å². The number of carbonyl (C=O) groups excluding carboxylic acids is 1. The van der Waals surface area contributed by atoms with Crippen molar-refractivity contribution in [3.8, 4) is 5.75 Å². The van der Waals surface area contributed by atoms with Gasteiger partial charge in [0.25, 0.3) is 0 Å². The number of sulfone groups is 1. The molecule has 1 fully saturated rings. The van der Waals surface area contributed by atoms with Gasteiger partial charge in [0, 0.05) is 24.1 Å². The van der Waals surface area contributed by atoms with Crippen LogP contribution < -0.4 is 10.1 Å². The largest absolute Gasteiger partial charge is 0.490 e. The van der Waals surface area contributed by atoms with E-state index in [2.05, 4.69) is 5.32 Å². The first kappa shape index (κ1) is 25.7. The summed E-state index contributed by atoms with van der Waals surface area (Å²) < 4.78 is 73.2. The van der Waals surface area contributed by atoms with Gasteiger partial charge in [0.15, 0.2) is 21.4 Å². The second kappa shape index (κ2) is 9.22. The molecule has 4 rings (SSSR count). The molecule has 1 N–H and O–H groups in total. The Hall–Kier alpha value is -2.43. The average molecular weight is 530 g/mol. The number of rotatable bonds is 4. The minimum Gasteiger partial charge on any atom is -0.490 e. The first-order chi connectivity index (χ1) is 16.4. The molecule has 2 aliphatic rings. The summed E-state index contributed by atoms with van der Waals surface area (Å²) >= 11 is 5.95. The smallest absolute Gasteiger partial charge is 0.407 e. The third-order valence-electron chi connectivity index (χ3n) is 6.19. The number of ether oxygens (including phenoxy) is 3. The van der Waals surface area contributed by atoms with Crippen molar-refractivity contribution in [2.24, 2.45) is 5.92 Å². The molecule has 1 saturated heterocycles. The lowest BCUT2D eigenvalue weighted by molar-refractivity contribution is -0.0712. The van der Waals surface area contributed by atoms with Gasteiger partial charge >= 0.3 is 6.09 Å². The number of amides is 1. The molecule has 2 aliphatic heterocycles. The van der Waals surface area contributed by atoms with Crippen LogP contribution in [0.15, 0.2) is 41.3 Å². The molecule has 0 radical (unpaired) electrons. The van der Waals surface area contributed by atoms with E-state index in [0.717, 1.165) is 12.1 Å². The van der Waals surface area contributed by atoms with Crippen molar-refractivity contribution >= 4 is 27.5 Å². The van der Waals surface area contributed by atoms with Gasteiger partial charge in [-0.25, -0.2) is 22.0 Å². The molecule has 0 spiro atoms. The summed E-state index contributed by atoms with van der Waals surface area (Å²) in [4.78, 5) is 12.1. The lowest BCUT2D eigenvalue weighted by Gasteiger charge is -2.50. The second-order valence-electron chi connectivity index (χ2n) is 9.54. The number of hydrogen-bond acceptors (Lipinski definition) is 6. The summed E-state index contributed by atoms with van der Waals surface area (Å²) in [6.07, 6.45) is -1.73. The first-order valence-electron chi connectivity index (χ1n) is 11.1. The predicted octanol–water partition coefficient (Wildman–Crippen LogP) is 4.61. The third kappa shape index (κ3) is 4.59. The molecule has 7 nitrogen and oxygen atoms in total. The van der Waals surface area contributed by atoms with Crippen molar-refractivity contribution in [1.29, 1.82) is 0 Å². The number of benzene rings is 2. The lowest BCUT2D eigenvalue weighted by Crippen LogP contribution is -2.59. The molecule has 1 amide bonds. The number of carbonyl (C=O) groups is 1. The third-order valence-corrected chi connectivity index (χ3v) is 9.01. The van der Waals surface area contributed by atoms with Crippen LogP contribution in [0.4, 0.5) is 13.6 Å². The molecule has 2 heterocycles. The molecule has 0 aliphatic carbocycles. The molecule has 11 heteroatoms. The Morgan fingerprint density at radius 1 is 1.17 bits per heavy atom. The van der Waals surface area contributed by atoms with Crippen LogP contribution in [-0.2, 0) is 24.1 Å². The molecule has 0 bridgehead atoms. The highest BCUT2D eigenvalue weighted by Crippen LogP contribution is 2.55. The van der Waals surface area contributed by atoms with E-state index in [1.807, 2.05) is 0 Å². The maximum Gasteiger partial charge on any atom is 0.407 e. The monoisotopic (exact) mass is 529 g/mol. The van der Waals surface area contributed by atoms with Gasteiger partial charge in [0.2, 0.25) is 0 Å². The topological polar surface area (TPSA) is 90.9 Å². The molecule has 2 aromatic carbocycles. The van der Waals surface area contributed by atoms with Crippen molar-refractivity contribution in [2.45, 2.75) is 48.5 Å². The molecule has 190 valence electrons. The van der Waals surface area contributed by atoms with E-state index in [1.54, 1.807) is 20.8 Å². The zero-order valence-electron chi connectivity index (χ0n) is 19.4. The lowest BCUT2D eigenvalue weighted by atomic mass is 9.76. The Labute approximate surface area is 207 Å². The fourth-order valence-electron chi connectivity index (χ4n) is 4.75. The molecular weight excluding hydrogens is 504 g/mol. The summed E-state index contributed by atoms with van der Waals surface area (Å²) in [6.45, 7) is 4.66. The van der Waals surface area contributed by atoms with E-state index in [-0.39, 0.29) is 36.6 Å². The summed E-state index contributed by atoms with van der Waals surface area (Å²) in [7, 11) is -4.32. The number of hydrogen-bond donors (Lipinski definition) is 1. The van der Waals surface area contributed by atoms with Crippen LogP contribution in [0.1, 0.15) is 32.8 Å². The summed E-state index contributed by atoms with van der Waals surface area (Å²) in [5, 5.41) is 2.91. The molecule has 3 atom stereocenters. The number of fused-ring (bicyclic) bond motifs is 3. The van der Waals surface area contributed by atoms with Crippen molar-refractivity contribution < 1.29 is 36.2 Å². The molecule has 2 aromatic rings. The van der Waals surface area contributed by atoms with Gasteiger partial charge in [0.05, 0.1) is 23.2 Å². The molecule has 0 saturated carbocycles. The Balaban J connectivity index is 1.81. The average Bonchev–Trinajstić information content (AvgIpc) is 2.78. The van der Waals surface area contributed by atoms with Gasteiger partial charge in [-0.1, -0.05) is 11.6 Å². The van der Waals surface area contributed by atoms with Crippen molar-refractivity contribution in [3.05, 3.63) is 58.6 Å². The van der Waals surface area contributed by atoms with Gasteiger partial charge in [0.1, 0.15) is 16.2 Å². The SMILES string of the molecule is CC(C)(C)OC(=O)NC[C@@H]1OCC[C@@]2(S(=O)(=O)c3ccc(Cl)cc3)c3c(F)ccc(F)c3OC[C@@H]12. The fourth-order valence-corrected chi connectivity index (χ4v) is 7.22. The van der Waals surface area contributed by atoms with Crippen LogP contribution >= 0.6 is 11.6 Å². The van der Waals surface area contributed by atoms with Crippen LogP contribution in [0.5, 0.6) is 5.75 Å². The van der Waals surface area contributed by atoms with Gasteiger partial charge in [-0.05, 0) is 63.6 Å². The Kier molecular flexibility index (Phi) is 6.76. The van der Waals surface area contributed by atoms with Crippen LogP contribution in [0, 0.1) is 17.6 Å².